The molecule has 0 radical (unpaired) electrons. The minimum atomic E-state index is 0.0182. The fraction of sp³-hybridized carbons (Fsp3) is 0.200. The molecule has 5 nitrogen and oxygen atoms in total. The number of fused-ring (bicyclic) bond motifs is 1. The minimum absolute atomic E-state index is 0.0182. The van der Waals surface area contributed by atoms with E-state index in [4.69, 9.17) is 21.0 Å². The lowest BCUT2D eigenvalue weighted by molar-refractivity contribution is 0.0749. The number of pyridine rings is 1. The highest BCUT2D eigenvalue weighted by atomic mass is 35.5. The van der Waals surface area contributed by atoms with Gasteiger partial charge in [-0.2, -0.15) is 0 Å². The predicted octanol–water partition coefficient (Wildman–Crippen LogP) is 5.42. The summed E-state index contributed by atoms with van der Waals surface area (Å²) >= 11 is 6.36. The number of amides is 1. The van der Waals surface area contributed by atoms with Crippen molar-refractivity contribution in [1.29, 1.82) is 0 Å². The molecule has 1 saturated heterocycles. The molecule has 0 unspecified atom stereocenters. The first-order valence-electron chi connectivity index (χ1n) is 10.3. The Labute approximate surface area is 185 Å². The molecule has 31 heavy (non-hydrogen) atoms. The van der Waals surface area contributed by atoms with Gasteiger partial charge in [-0.15, -0.1) is 0 Å². The molecule has 2 aromatic carbocycles. The number of halogens is 1. The van der Waals surface area contributed by atoms with Gasteiger partial charge in [0.25, 0.3) is 5.91 Å². The van der Waals surface area contributed by atoms with Crippen LogP contribution in [-0.4, -0.2) is 42.0 Å². The van der Waals surface area contributed by atoms with E-state index in [0.717, 1.165) is 40.3 Å². The van der Waals surface area contributed by atoms with E-state index >= 15 is 0 Å². The average Bonchev–Trinajstić information content (AvgIpc) is 3.33. The molecule has 0 spiro atoms. The van der Waals surface area contributed by atoms with Crippen LogP contribution < -0.4 is 4.90 Å². The van der Waals surface area contributed by atoms with Crippen LogP contribution in [0.2, 0.25) is 5.02 Å². The monoisotopic (exact) mass is 431 g/mol. The number of rotatable bonds is 3. The van der Waals surface area contributed by atoms with Gasteiger partial charge in [0, 0.05) is 31.6 Å². The van der Waals surface area contributed by atoms with Crippen molar-refractivity contribution in [2.24, 2.45) is 0 Å². The third kappa shape index (κ3) is 3.77. The second-order valence-electron chi connectivity index (χ2n) is 7.78. The normalized spacial score (nSPS) is 14.3. The van der Waals surface area contributed by atoms with Gasteiger partial charge in [-0.05, 0) is 49.4 Å². The van der Waals surface area contributed by atoms with Crippen LogP contribution in [0.1, 0.15) is 15.9 Å². The number of nitrogens with zero attached hydrogens (tertiary/aromatic N) is 3. The van der Waals surface area contributed by atoms with Gasteiger partial charge < -0.3 is 14.2 Å². The Morgan fingerprint density at radius 1 is 1.00 bits per heavy atom. The number of carbonyl (C=O) groups excluding carboxylic acids is 1. The van der Waals surface area contributed by atoms with E-state index in [-0.39, 0.29) is 5.91 Å². The smallest absolute Gasteiger partial charge is 0.254 e. The van der Waals surface area contributed by atoms with Crippen molar-refractivity contribution in [3.63, 3.8) is 0 Å². The number of carbonyl (C=O) groups is 1. The number of para-hydroxylation sites is 1. The van der Waals surface area contributed by atoms with Crippen molar-refractivity contribution in [3.05, 3.63) is 83.1 Å². The summed E-state index contributed by atoms with van der Waals surface area (Å²) in [5.74, 6) is 0.671. The van der Waals surface area contributed by atoms with Gasteiger partial charge >= 0.3 is 0 Å². The number of anilines is 1. The molecule has 1 fully saturated rings. The number of hydrogen-bond acceptors (Lipinski definition) is 4. The van der Waals surface area contributed by atoms with E-state index in [1.165, 1.54) is 0 Å². The summed E-state index contributed by atoms with van der Waals surface area (Å²) in [5.41, 5.74) is 4.22. The molecule has 1 amide bonds. The summed E-state index contributed by atoms with van der Waals surface area (Å²) in [6.45, 7) is 4.77. The molecule has 0 N–H and O–H groups in total. The van der Waals surface area contributed by atoms with Crippen LogP contribution in [-0.2, 0) is 0 Å². The largest absolute Gasteiger partial charge is 0.463 e. The highest BCUT2D eigenvalue weighted by Gasteiger charge is 2.25. The van der Waals surface area contributed by atoms with Crippen LogP contribution in [0.5, 0.6) is 0 Å². The first-order chi connectivity index (χ1) is 15.1. The van der Waals surface area contributed by atoms with Gasteiger partial charge in [0.1, 0.15) is 5.69 Å². The van der Waals surface area contributed by atoms with Gasteiger partial charge in [-0.25, -0.2) is 4.98 Å². The maximum Gasteiger partial charge on any atom is 0.254 e. The van der Waals surface area contributed by atoms with E-state index in [2.05, 4.69) is 4.90 Å². The third-order valence-corrected chi connectivity index (χ3v) is 6.05. The van der Waals surface area contributed by atoms with Crippen molar-refractivity contribution >= 4 is 34.1 Å². The lowest BCUT2D eigenvalue weighted by Gasteiger charge is -2.36. The Morgan fingerprint density at radius 3 is 2.55 bits per heavy atom. The number of aryl methyl sites for hydroxylation is 1. The van der Waals surface area contributed by atoms with Crippen LogP contribution >= 0.6 is 11.6 Å². The molecule has 0 saturated carbocycles. The zero-order valence-corrected chi connectivity index (χ0v) is 18.0. The van der Waals surface area contributed by atoms with Crippen molar-refractivity contribution in [3.8, 4) is 11.5 Å². The van der Waals surface area contributed by atoms with E-state index in [1.54, 1.807) is 6.26 Å². The highest BCUT2D eigenvalue weighted by Crippen LogP contribution is 2.29. The lowest BCUT2D eigenvalue weighted by Crippen LogP contribution is -2.49. The fourth-order valence-electron chi connectivity index (χ4n) is 4.10. The van der Waals surface area contributed by atoms with Crippen LogP contribution in [0, 0.1) is 6.92 Å². The molecule has 1 aliphatic rings. The van der Waals surface area contributed by atoms with Gasteiger partial charge in [0.2, 0.25) is 0 Å². The topological polar surface area (TPSA) is 49.6 Å². The molecule has 0 aliphatic carbocycles. The molecule has 6 heteroatoms. The Bertz CT molecular complexity index is 1250. The lowest BCUT2D eigenvalue weighted by atomic mass is 10.0. The molecule has 0 bridgehead atoms. The Morgan fingerprint density at radius 2 is 1.81 bits per heavy atom. The maximum atomic E-state index is 13.6. The van der Waals surface area contributed by atoms with Gasteiger partial charge in [0.05, 0.1) is 28.1 Å². The summed E-state index contributed by atoms with van der Waals surface area (Å²) < 4.78 is 5.54. The molecular formula is C25H22ClN3O2. The average molecular weight is 432 g/mol. The molecular weight excluding hydrogens is 410 g/mol. The standard InChI is InChI=1S/C25H22ClN3O2/c1-17-8-9-21-18(15-17)19(16-22(27-21)24-7-4-14-31-24)25(30)29-12-10-28(11-13-29)23-6-3-2-5-20(23)26/h2-9,14-16H,10-13H2,1H3. The summed E-state index contributed by atoms with van der Waals surface area (Å²) in [7, 11) is 0. The molecule has 0 atom stereocenters. The second kappa shape index (κ2) is 8.08. The van der Waals surface area contributed by atoms with E-state index in [0.29, 0.717) is 30.1 Å². The van der Waals surface area contributed by atoms with Crippen molar-refractivity contribution in [2.45, 2.75) is 6.92 Å². The Balaban J connectivity index is 1.46. The third-order valence-electron chi connectivity index (χ3n) is 5.73. The molecule has 1 aliphatic heterocycles. The first kappa shape index (κ1) is 19.6. The number of hydrogen-bond donors (Lipinski definition) is 0. The highest BCUT2D eigenvalue weighted by molar-refractivity contribution is 6.33. The van der Waals surface area contributed by atoms with Crippen LogP contribution in [0.15, 0.2) is 71.3 Å². The predicted molar refractivity (Wildman–Crippen MR) is 124 cm³/mol. The summed E-state index contributed by atoms with van der Waals surface area (Å²) in [6, 6.07) is 19.4. The Kier molecular flexibility index (Phi) is 5.12. The van der Waals surface area contributed by atoms with Gasteiger partial charge in [-0.1, -0.05) is 35.4 Å². The van der Waals surface area contributed by atoms with Crippen LogP contribution in [0.25, 0.3) is 22.4 Å². The van der Waals surface area contributed by atoms with Crippen LogP contribution in [0.3, 0.4) is 0 Å². The Hall–Kier alpha value is -3.31. The van der Waals surface area contributed by atoms with Gasteiger partial charge in [-0.3, -0.25) is 4.79 Å². The quantitative estimate of drug-likeness (QED) is 0.434. The van der Waals surface area contributed by atoms with E-state index in [1.807, 2.05) is 72.5 Å². The SMILES string of the molecule is Cc1ccc2nc(-c3ccco3)cc(C(=O)N3CCN(c4ccccc4Cl)CC3)c2c1. The fourth-order valence-corrected chi connectivity index (χ4v) is 4.35. The van der Waals surface area contributed by atoms with Crippen molar-refractivity contribution in [1.82, 2.24) is 9.88 Å². The zero-order chi connectivity index (χ0) is 21.4. The summed E-state index contributed by atoms with van der Waals surface area (Å²) in [5, 5.41) is 1.61. The summed E-state index contributed by atoms with van der Waals surface area (Å²) in [6.07, 6.45) is 1.62. The summed E-state index contributed by atoms with van der Waals surface area (Å²) in [4.78, 5) is 22.4. The number of aromatic nitrogens is 1. The zero-order valence-electron chi connectivity index (χ0n) is 17.2. The molecule has 2 aromatic heterocycles. The first-order valence-corrected chi connectivity index (χ1v) is 10.7. The molecule has 5 rings (SSSR count). The number of furan rings is 1. The van der Waals surface area contributed by atoms with Crippen LogP contribution in [0.4, 0.5) is 5.69 Å². The maximum absolute atomic E-state index is 13.6. The minimum Gasteiger partial charge on any atom is -0.463 e. The number of benzene rings is 2. The van der Waals surface area contributed by atoms with E-state index in [9.17, 15) is 4.79 Å². The molecule has 156 valence electrons. The molecule has 3 heterocycles. The van der Waals surface area contributed by atoms with E-state index < -0.39 is 0 Å². The number of piperazine rings is 1. The second-order valence-corrected chi connectivity index (χ2v) is 8.19. The molecule has 4 aromatic rings. The van der Waals surface area contributed by atoms with Gasteiger partial charge in [0.15, 0.2) is 5.76 Å². The van der Waals surface area contributed by atoms with Crippen molar-refractivity contribution in [2.75, 3.05) is 31.1 Å². The van der Waals surface area contributed by atoms with Crippen molar-refractivity contribution < 1.29 is 9.21 Å².